The van der Waals surface area contributed by atoms with Crippen LogP contribution in [0, 0.1) is 0 Å². The molecule has 1 N–H and O–H groups in total. The normalized spacial score (nSPS) is 14.9. The minimum atomic E-state index is 0.752. The molecule has 0 unspecified atom stereocenters. The summed E-state index contributed by atoms with van der Waals surface area (Å²) in [5.41, 5.74) is 2.42. The summed E-state index contributed by atoms with van der Waals surface area (Å²) in [6.07, 6.45) is 0.997. The molecule has 0 aromatic carbocycles. The highest BCUT2D eigenvalue weighted by Gasteiger charge is 2.15. The second-order valence-corrected chi connectivity index (χ2v) is 4.25. The van der Waals surface area contributed by atoms with E-state index in [-0.39, 0.29) is 0 Å². The van der Waals surface area contributed by atoms with Crippen LogP contribution in [0.2, 0.25) is 5.02 Å². The van der Waals surface area contributed by atoms with Gasteiger partial charge >= 0.3 is 0 Å². The van der Waals surface area contributed by atoms with Gasteiger partial charge in [-0.1, -0.05) is 11.6 Å². The number of halogens is 1. The Morgan fingerprint density at radius 2 is 2.40 bits per heavy atom. The van der Waals surface area contributed by atoms with Gasteiger partial charge in [0.1, 0.15) is 5.82 Å². The summed E-state index contributed by atoms with van der Waals surface area (Å²) in [6, 6.07) is 2.04. The molecule has 0 fully saturated rings. The van der Waals surface area contributed by atoms with Crippen LogP contribution in [0.4, 0.5) is 5.82 Å². The van der Waals surface area contributed by atoms with Crippen molar-refractivity contribution in [2.24, 2.45) is 0 Å². The molecule has 0 radical (unpaired) electrons. The van der Waals surface area contributed by atoms with E-state index in [2.05, 4.69) is 22.1 Å². The molecule has 3 nitrogen and oxygen atoms in total. The van der Waals surface area contributed by atoms with E-state index in [1.165, 1.54) is 11.3 Å². The van der Waals surface area contributed by atoms with Crippen molar-refractivity contribution < 1.29 is 0 Å². The smallest absolute Gasteiger partial charge is 0.147 e. The minimum absolute atomic E-state index is 0.752. The van der Waals surface area contributed by atoms with Crippen LogP contribution in [0.15, 0.2) is 6.07 Å². The molecule has 1 aliphatic heterocycles. The van der Waals surface area contributed by atoms with Crippen LogP contribution >= 0.6 is 11.6 Å². The van der Waals surface area contributed by atoms with E-state index in [0.717, 1.165) is 36.9 Å². The van der Waals surface area contributed by atoms with Crippen molar-refractivity contribution >= 4 is 17.4 Å². The van der Waals surface area contributed by atoms with Gasteiger partial charge in [0.15, 0.2) is 0 Å². The molecule has 0 bridgehead atoms. The van der Waals surface area contributed by atoms with Gasteiger partial charge in [-0.25, -0.2) is 4.98 Å². The Hall–Kier alpha value is -0.800. The van der Waals surface area contributed by atoms with E-state index in [0.29, 0.717) is 0 Å². The lowest BCUT2D eigenvalue weighted by Crippen LogP contribution is -2.26. The number of pyridine rings is 1. The summed E-state index contributed by atoms with van der Waals surface area (Å²) < 4.78 is 0. The zero-order chi connectivity index (χ0) is 10.8. The Morgan fingerprint density at radius 1 is 1.60 bits per heavy atom. The van der Waals surface area contributed by atoms with Crippen molar-refractivity contribution in [2.45, 2.75) is 19.9 Å². The van der Waals surface area contributed by atoms with Crippen molar-refractivity contribution in [1.29, 1.82) is 0 Å². The van der Waals surface area contributed by atoms with Crippen molar-refractivity contribution in [3.63, 3.8) is 0 Å². The second kappa shape index (κ2) is 4.37. The molecular formula is C11H16ClN3. The lowest BCUT2D eigenvalue weighted by molar-refractivity contribution is 0.629. The molecular weight excluding hydrogens is 210 g/mol. The zero-order valence-corrected chi connectivity index (χ0v) is 9.93. The number of nitrogens with one attached hydrogen (secondary N) is 1. The van der Waals surface area contributed by atoms with Gasteiger partial charge in [0.05, 0.1) is 5.02 Å². The largest absolute Gasteiger partial charge is 0.359 e. The topological polar surface area (TPSA) is 28.2 Å². The highest BCUT2D eigenvalue weighted by molar-refractivity contribution is 6.33. The van der Waals surface area contributed by atoms with Crippen LogP contribution in [-0.2, 0) is 13.0 Å². The monoisotopic (exact) mass is 225 g/mol. The number of hydrogen-bond donors (Lipinski definition) is 1. The molecule has 0 amide bonds. The van der Waals surface area contributed by atoms with Crippen LogP contribution in [0.25, 0.3) is 0 Å². The number of aromatic nitrogens is 1. The maximum atomic E-state index is 6.20. The first kappa shape index (κ1) is 10.7. The molecule has 0 atom stereocenters. The fourth-order valence-corrected chi connectivity index (χ4v) is 2.09. The van der Waals surface area contributed by atoms with Crippen molar-refractivity contribution in [3.8, 4) is 0 Å². The van der Waals surface area contributed by atoms with E-state index < -0.39 is 0 Å². The van der Waals surface area contributed by atoms with Crippen LogP contribution in [0.3, 0.4) is 0 Å². The van der Waals surface area contributed by atoms with Gasteiger partial charge in [0, 0.05) is 38.8 Å². The number of anilines is 1. The molecule has 1 aromatic rings. The summed E-state index contributed by atoms with van der Waals surface area (Å²) in [7, 11) is 2.02. The Bertz CT molecular complexity index is 365. The van der Waals surface area contributed by atoms with Crippen LogP contribution in [0.5, 0.6) is 0 Å². The first-order valence-electron chi connectivity index (χ1n) is 5.32. The van der Waals surface area contributed by atoms with E-state index >= 15 is 0 Å². The number of rotatable bonds is 2. The van der Waals surface area contributed by atoms with Gasteiger partial charge < -0.3 is 10.2 Å². The third-order valence-electron chi connectivity index (χ3n) is 2.82. The quantitative estimate of drug-likeness (QED) is 0.833. The number of fused-ring (bicyclic) bond motifs is 1. The SMILES string of the molecule is CCN(C)c1nc2c(cc1Cl)CNCC2. The molecule has 0 saturated carbocycles. The average molecular weight is 226 g/mol. The Kier molecular flexibility index (Phi) is 3.12. The van der Waals surface area contributed by atoms with Gasteiger partial charge in [-0.15, -0.1) is 0 Å². The maximum Gasteiger partial charge on any atom is 0.147 e. The fraction of sp³-hybridized carbons (Fsp3) is 0.545. The van der Waals surface area contributed by atoms with Crippen LogP contribution in [-0.4, -0.2) is 25.1 Å². The molecule has 2 heterocycles. The van der Waals surface area contributed by atoms with Gasteiger partial charge in [-0.3, -0.25) is 0 Å². The summed E-state index contributed by atoms with van der Waals surface area (Å²) >= 11 is 6.20. The lowest BCUT2D eigenvalue weighted by atomic mass is 10.1. The van der Waals surface area contributed by atoms with Crippen molar-refractivity contribution in [3.05, 3.63) is 22.3 Å². The van der Waals surface area contributed by atoms with Gasteiger partial charge in [0.25, 0.3) is 0 Å². The summed E-state index contributed by atoms with van der Waals surface area (Å²) in [5.74, 6) is 0.903. The minimum Gasteiger partial charge on any atom is -0.359 e. The Labute approximate surface area is 95.4 Å². The van der Waals surface area contributed by atoms with E-state index in [9.17, 15) is 0 Å². The standard InChI is InChI=1S/C11H16ClN3/c1-3-15(2)11-9(12)6-8-7-13-5-4-10(8)14-11/h6,13H,3-5,7H2,1-2H3. The fourth-order valence-electron chi connectivity index (χ4n) is 1.77. The first-order chi connectivity index (χ1) is 7.22. The molecule has 15 heavy (non-hydrogen) atoms. The zero-order valence-electron chi connectivity index (χ0n) is 9.18. The Morgan fingerprint density at radius 3 is 3.13 bits per heavy atom. The van der Waals surface area contributed by atoms with E-state index in [1.807, 2.05) is 13.1 Å². The average Bonchev–Trinajstić information content (AvgIpc) is 2.27. The summed E-state index contributed by atoms with van der Waals surface area (Å²) in [4.78, 5) is 6.71. The highest BCUT2D eigenvalue weighted by Crippen LogP contribution is 2.26. The van der Waals surface area contributed by atoms with E-state index in [4.69, 9.17) is 11.6 Å². The predicted octanol–water partition coefficient (Wildman–Crippen LogP) is 1.84. The molecule has 1 aliphatic rings. The molecule has 82 valence electrons. The Balaban J connectivity index is 2.40. The lowest BCUT2D eigenvalue weighted by Gasteiger charge is -2.22. The van der Waals surface area contributed by atoms with Crippen LogP contribution in [0.1, 0.15) is 18.2 Å². The molecule has 4 heteroatoms. The molecule has 0 aliphatic carbocycles. The summed E-state index contributed by atoms with van der Waals surface area (Å²) in [5, 5.41) is 4.07. The van der Waals surface area contributed by atoms with Crippen molar-refractivity contribution in [2.75, 3.05) is 25.0 Å². The van der Waals surface area contributed by atoms with Crippen LogP contribution < -0.4 is 10.2 Å². The van der Waals surface area contributed by atoms with Gasteiger partial charge in [-0.05, 0) is 18.6 Å². The number of nitrogens with zero attached hydrogens (tertiary/aromatic N) is 2. The first-order valence-corrected chi connectivity index (χ1v) is 5.70. The molecule has 0 spiro atoms. The van der Waals surface area contributed by atoms with Gasteiger partial charge in [0.2, 0.25) is 0 Å². The predicted molar refractivity (Wildman–Crippen MR) is 63.6 cm³/mol. The van der Waals surface area contributed by atoms with Crippen molar-refractivity contribution in [1.82, 2.24) is 10.3 Å². The summed E-state index contributed by atoms with van der Waals surface area (Å²) in [6.45, 7) is 4.91. The number of hydrogen-bond acceptors (Lipinski definition) is 3. The molecule has 1 aromatic heterocycles. The molecule has 2 rings (SSSR count). The molecule has 0 saturated heterocycles. The van der Waals surface area contributed by atoms with E-state index in [1.54, 1.807) is 0 Å². The second-order valence-electron chi connectivity index (χ2n) is 3.84. The van der Waals surface area contributed by atoms with Gasteiger partial charge in [-0.2, -0.15) is 0 Å². The third kappa shape index (κ3) is 2.08. The highest BCUT2D eigenvalue weighted by atomic mass is 35.5. The maximum absolute atomic E-state index is 6.20. The third-order valence-corrected chi connectivity index (χ3v) is 3.09.